The van der Waals surface area contributed by atoms with Crippen molar-refractivity contribution in [2.75, 3.05) is 0 Å². The van der Waals surface area contributed by atoms with Crippen molar-refractivity contribution in [2.45, 2.75) is 40.3 Å². The minimum absolute atomic E-state index is 0.412. The van der Waals surface area contributed by atoms with Crippen LogP contribution in [0.2, 0.25) is 0 Å². The smallest absolute Gasteiger partial charge is 0.128 e. The number of nitrogens with zero attached hydrogens (tertiary/aromatic N) is 1. The van der Waals surface area contributed by atoms with Crippen molar-refractivity contribution in [1.82, 2.24) is 4.57 Å². The maximum atomic E-state index is 6.01. The quantitative estimate of drug-likeness (QED) is 0.626. The Labute approximate surface area is 132 Å². The zero-order chi connectivity index (χ0) is 15.7. The van der Waals surface area contributed by atoms with Crippen LogP contribution in [0.15, 0.2) is 48.5 Å². The lowest BCUT2D eigenvalue weighted by atomic mass is 10.1. The van der Waals surface area contributed by atoms with Crippen molar-refractivity contribution >= 4 is 10.9 Å². The predicted octanol–water partition coefficient (Wildman–Crippen LogP) is 5.42. The maximum absolute atomic E-state index is 6.01. The molecule has 0 radical (unpaired) electrons. The van der Waals surface area contributed by atoms with Gasteiger partial charge in [0.25, 0.3) is 0 Å². The third-order valence-electron chi connectivity index (χ3n) is 4.03. The molecule has 3 rings (SSSR count). The monoisotopic (exact) mass is 293 g/mol. The number of hydrogen-bond acceptors (Lipinski definition) is 1. The van der Waals surface area contributed by atoms with Gasteiger partial charge in [0.2, 0.25) is 0 Å². The Hall–Kier alpha value is -2.22. The molecule has 0 aliphatic heterocycles. The zero-order valence-electron chi connectivity index (χ0n) is 13.8. The molecule has 0 N–H and O–H groups in total. The fourth-order valence-electron chi connectivity index (χ4n) is 3.08. The topological polar surface area (TPSA) is 14.2 Å². The Bertz CT molecular complexity index is 799. The number of hydrogen-bond donors (Lipinski definition) is 0. The van der Waals surface area contributed by atoms with Crippen LogP contribution in [-0.4, -0.2) is 4.57 Å². The molecule has 0 bridgehead atoms. The van der Waals surface area contributed by atoms with E-state index in [1.807, 2.05) is 12.1 Å². The molecule has 0 aliphatic carbocycles. The van der Waals surface area contributed by atoms with Crippen LogP contribution in [0.5, 0.6) is 5.75 Å². The molecule has 0 fully saturated rings. The van der Waals surface area contributed by atoms with Gasteiger partial charge in [0.15, 0.2) is 0 Å². The van der Waals surface area contributed by atoms with Gasteiger partial charge in [0.05, 0.1) is 11.2 Å². The summed E-state index contributed by atoms with van der Waals surface area (Å²) in [5.41, 5.74) is 5.08. The molecule has 0 aliphatic rings. The van der Waals surface area contributed by atoms with E-state index in [0.717, 1.165) is 5.75 Å². The van der Waals surface area contributed by atoms with Gasteiger partial charge in [-0.3, -0.25) is 0 Å². The summed E-state index contributed by atoms with van der Waals surface area (Å²) in [4.78, 5) is 0. The summed E-state index contributed by atoms with van der Waals surface area (Å²) in [5.74, 6) is 0.928. The molecule has 22 heavy (non-hydrogen) atoms. The molecule has 0 saturated carbocycles. The Morgan fingerprint density at radius 1 is 1.00 bits per heavy atom. The number of fused-ring (bicyclic) bond motifs is 1. The van der Waals surface area contributed by atoms with Crippen LogP contribution >= 0.6 is 0 Å². The van der Waals surface area contributed by atoms with Gasteiger partial charge in [-0.25, -0.2) is 0 Å². The van der Waals surface area contributed by atoms with Crippen LogP contribution in [-0.2, 0) is 6.61 Å². The first kappa shape index (κ1) is 14.7. The molecule has 0 amide bonds. The molecule has 2 aromatic carbocycles. The number of para-hydroxylation sites is 1. The highest BCUT2D eigenvalue weighted by Crippen LogP contribution is 2.27. The minimum atomic E-state index is 0.412. The van der Waals surface area contributed by atoms with E-state index in [1.165, 1.54) is 27.7 Å². The summed E-state index contributed by atoms with van der Waals surface area (Å²) < 4.78 is 8.40. The van der Waals surface area contributed by atoms with Gasteiger partial charge < -0.3 is 9.30 Å². The standard InChI is InChI=1S/C20H23NO/c1-14(2)21-18(12-17-9-6-8-16(4)20(17)21)13-22-19-10-5-7-15(3)11-19/h5-12,14H,13H2,1-4H3. The highest BCUT2D eigenvalue weighted by Gasteiger charge is 2.13. The SMILES string of the molecule is Cc1cccc(OCc2cc3cccc(C)c3n2C(C)C)c1. The summed E-state index contributed by atoms with van der Waals surface area (Å²) in [6.07, 6.45) is 0. The van der Waals surface area contributed by atoms with E-state index in [2.05, 4.69) is 68.7 Å². The van der Waals surface area contributed by atoms with Crippen molar-refractivity contribution in [3.8, 4) is 5.75 Å². The number of aryl methyl sites for hydroxylation is 2. The molecule has 0 spiro atoms. The highest BCUT2D eigenvalue weighted by molar-refractivity contribution is 5.84. The fourth-order valence-corrected chi connectivity index (χ4v) is 3.08. The second kappa shape index (κ2) is 5.88. The normalized spacial score (nSPS) is 11.3. The number of rotatable bonds is 4. The van der Waals surface area contributed by atoms with Crippen LogP contribution in [0.4, 0.5) is 0 Å². The number of aromatic nitrogens is 1. The van der Waals surface area contributed by atoms with E-state index in [0.29, 0.717) is 12.6 Å². The summed E-state index contributed by atoms with van der Waals surface area (Å²) in [6, 6.07) is 17.3. The molecule has 0 atom stereocenters. The van der Waals surface area contributed by atoms with Crippen LogP contribution in [0.3, 0.4) is 0 Å². The maximum Gasteiger partial charge on any atom is 0.128 e. The third-order valence-corrected chi connectivity index (χ3v) is 4.03. The molecule has 1 heterocycles. The van der Waals surface area contributed by atoms with Crippen LogP contribution < -0.4 is 4.74 Å². The molecule has 1 aromatic heterocycles. The van der Waals surface area contributed by atoms with E-state index in [-0.39, 0.29) is 0 Å². The van der Waals surface area contributed by atoms with Crippen molar-refractivity contribution in [3.05, 3.63) is 65.4 Å². The Morgan fingerprint density at radius 3 is 2.50 bits per heavy atom. The Kier molecular flexibility index (Phi) is 3.93. The first-order valence-corrected chi connectivity index (χ1v) is 7.85. The summed E-state index contributed by atoms with van der Waals surface area (Å²) in [7, 11) is 0. The Balaban J connectivity index is 1.96. The van der Waals surface area contributed by atoms with Crippen LogP contribution in [0, 0.1) is 13.8 Å². The lowest BCUT2D eigenvalue weighted by molar-refractivity contribution is 0.293. The average molecular weight is 293 g/mol. The van der Waals surface area contributed by atoms with Gasteiger partial charge in [0, 0.05) is 11.4 Å². The molecular weight excluding hydrogens is 270 g/mol. The van der Waals surface area contributed by atoms with Gasteiger partial charge in [-0.05, 0) is 57.0 Å². The van der Waals surface area contributed by atoms with Crippen molar-refractivity contribution < 1.29 is 4.74 Å². The van der Waals surface area contributed by atoms with Crippen LogP contribution in [0.1, 0.15) is 36.7 Å². The highest BCUT2D eigenvalue weighted by atomic mass is 16.5. The summed E-state index contributed by atoms with van der Waals surface area (Å²) in [6.45, 7) is 9.30. The molecule has 2 heteroatoms. The van der Waals surface area contributed by atoms with Crippen molar-refractivity contribution in [2.24, 2.45) is 0 Å². The number of ether oxygens (including phenoxy) is 1. The zero-order valence-corrected chi connectivity index (χ0v) is 13.8. The van der Waals surface area contributed by atoms with Crippen molar-refractivity contribution in [3.63, 3.8) is 0 Å². The second-order valence-corrected chi connectivity index (χ2v) is 6.22. The van der Waals surface area contributed by atoms with E-state index in [4.69, 9.17) is 4.74 Å². The third kappa shape index (κ3) is 2.74. The van der Waals surface area contributed by atoms with Crippen LogP contribution in [0.25, 0.3) is 10.9 Å². The van der Waals surface area contributed by atoms with E-state index in [1.54, 1.807) is 0 Å². The predicted molar refractivity (Wildman–Crippen MR) is 92.6 cm³/mol. The van der Waals surface area contributed by atoms with Gasteiger partial charge >= 0.3 is 0 Å². The number of benzene rings is 2. The molecule has 0 unspecified atom stereocenters. The van der Waals surface area contributed by atoms with E-state index >= 15 is 0 Å². The molecular formula is C20H23NO. The second-order valence-electron chi connectivity index (χ2n) is 6.22. The Morgan fingerprint density at radius 2 is 1.77 bits per heavy atom. The summed E-state index contributed by atoms with van der Waals surface area (Å²) >= 11 is 0. The van der Waals surface area contributed by atoms with Crippen molar-refractivity contribution in [1.29, 1.82) is 0 Å². The molecule has 3 aromatic rings. The van der Waals surface area contributed by atoms with Gasteiger partial charge in [0.1, 0.15) is 12.4 Å². The largest absolute Gasteiger partial charge is 0.487 e. The first-order chi connectivity index (χ1) is 10.6. The van der Waals surface area contributed by atoms with Gasteiger partial charge in [-0.15, -0.1) is 0 Å². The lowest BCUT2D eigenvalue weighted by Crippen LogP contribution is -2.08. The molecule has 0 saturated heterocycles. The first-order valence-electron chi connectivity index (χ1n) is 7.85. The average Bonchev–Trinajstić information content (AvgIpc) is 2.85. The van der Waals surface area contributed by atoms with E-state index in [9.17, 15) is 0 Å². The lowest BCUT2D eigenvalue weighted by Gasteiger charge is -2.16. The van der Waals surface area contributed by atoms with E-state index < -0.39 is 0 Å². The van der Waals surface area contributed by atoms with Gasteiger partial charge in [-0.1, -0.05) is 30.3 Å². The molecule has 114 valence electrons. The van der Waals surface area contributed by atoms with Gasteiger partial charge in [-0.2, -0.15) is 0 Å². The summed E-state index contributed by atoms with van der Waals surface area (Å²) in [5, 5.41) is 1.29. The minimum Gasteiger partial charge on any atom is -0.487 e. The molecule has 2 nitrogen and oxygen atoms in total. The fraction of sp³-hybridized carbons (Fsp3) is 0.300.